The molecule has 2 N–H and O–H groups in total. The van der Waals surface area contributed by atoms with Gasteiger partial charge in [-0.2, -0.15) is 0 Å². The molecular formula is C24H33N5O3S2. The summed E-state index contributed by atoms with van der Waals surface area (Å²) in [6.07, 6.45) is 7.64. The third kappa shape index (κ3) is 5.68. The molecule has 1 aromatic heterocycles. The number of thiazole rings is 1. The summed E-state index contributed by atoms with van der Waals surface area (Å²) < 4.78 is 29.8. The first-order chi connectivity index (χ1) is 16.1. The minimum absolute atomic E-state index is 0.0301. The van der Waals surface area contributed by atoms with E-state index in [-0.39, 0.29) is 17.2 Å². The molecule has 0 radical (unpaired) electrons. The zero-order valence-corrected chi connectivity index (χ0v) is 21.8. The summed E-state index contributed by atoms with van der Waals surface area (Å²) in [5, 5.41) is 8.08. The molecule has 34 heavy (non-hydrogen) atoms. The van der Waals surface area contributed by atoms with Crippen molar-refractivity contribution in [1.29, 1.82) is 0 Å². The van der Waals surface area contributed by atoms with Crippen LogP contribution >= 0.6 is 11.3 Å². The molecule has 0 amide bonds. The van der Waals surface area contributed by atoms with Crippen molar-refractivity contribution in [3.05, 3.63) is 35.3 Å². The Morgan fingerprint density at radius 1 is 1.26 bits per heavy atom. The van der Waals surface area contributed by atoms with Crippen LogP contribution in [0, 0.1) is 5.92 Å². The van der Waals surface area contributed by atoms with Crippen LogP contribution < -0.4 is 14.8 Å². The van der Waals surface area contributed by atoms with Gasteiger partial charge in [-0.1, -0.05) is 13.0 Å². The monoisotopic (exact) mass is 503 g/mol. The van der Waals surface area contributed by atoms with E-state index in [9.17, 15) is 8.42 Å². The smallest absolute Gasteiger partial charge is 0.238 e. The first-order valence-corrected chi connectivity index (χ1v) is 14.0. The van der Waals surface area contributed by atoms with Crippen LogP contribution in [0.4, 0.5) is 10.8 Å². The average molecular weight is 504 g/mol. The Morgan fingerprint density at radius 3 is 2.62 bits per heavy atom. The van der Waals surface area contributed by atoms with Crippen LogP contribution in [-0.4, -0.2) is 56.9 Å². The van der Waals surface area contributed by atoms with E-state index < -0.39 is 10.0 Å². The number of rotatable bonds is 7. The van der Waals surface area contributed by atoms with E-state index in [0.717, 1.165) is 41.8 Å². The second-order valence-electron chi connectivity index (χ2n) is 9.29. The number of piperidine rings is 1. The van der Waals surface area contributed by atoms with Crippen LogP contribution in [0.3, 0.4) is 0 Å². The fraction of sp³-hybridized carbons (Fsp3) is 0.500. The highest BCUT2D eigenvalue weighted by molar-refractivity contribution is 7.89. The Labute approximate surface area is 206 Å². The Morgan fingerprint density at radius 2 is 2.00 bits per heavy atom. The summed E-state index contributed by atoms with van der Waals surface area (Å²) in [4.78, 5) is 14.0. The first-order valence-electron chi connectivity index (χ1n) is 11.6. The Hall–Kier alpha value is -2.27. The van der Waals surface area contributed by atoms with Crippen LogP contribution in [-0.2, 0) is 10.0 Å². The van der Waals surface area contributed by atoms with Gasteiger partial charge < -0.3 is 9.64 Å². The van der Waals surface area contributed by atoms with Gasteiger partial charge in [0, 0.05) is 43.7 Å². The molecule has 0 spiro atoms. The second kappa shape index (κ2) is 10.2. The lowest BCUT2D eigenvalue weighted by Gasteiger charge is -2.35. The molecule has 10 heteroatoms. The fourth-order valence-electron chi connectivity index (χ4n) is 4.20. The molecular weight excluding hydrogens is 470 g/mol. The molecule has 8 nitrogen and oxygen atoms in total. The quantitative estimate of drug-likeness (QED) is 0.606. The zero-order valence-electron chi connectivity index (χ0n) is 20.1. The lowest BCUT2D eigenvalue weighted by atomic mass is 9.98. The van der Waals surface area contributed by atoms with Crippen molar-refractivity contribution in [3.8, 4) is 5.75 Å². The van der Waals surface area contributed by atoms with Gasteiger partial charge in [-0.25, -0.2) is 18.5 Å². The number of nitrogens with two attached hydrogens (primary N) is 1. The van der Waals surface area contributed by atoms with Gasteiger partial charge in [-0.3, -0.25) is 9.89 Å². The molecule has 1 saturated heterocycles. The van der Waals surface area contributed by atoms with Crippen LogP contribution in [0.1, 0.15) is 45.7 Å². The van der Waals surface area contributed by atoms with Gasteiger partial charge in [0.2, 0.25) is 10.0 Å². The Kier molecular flexibility index (Phi) is 7.42. The van der Waals surface area contributed by atoms with Crippen molar-refractivity contribution in [2.75, 3.05) is 25.0 Å². The molecule has 1 atom stereocenters. The van der Waals surface area contributed by atoms with E-state index in [2.05, 4.69) is 17.9 Å². The van der Waals surface area contributed by atoms with E-state index in [4.69, 9.17) is 19.9 Å². The molecule has 0 saturated carbocycles. The molecule has 2 aliphatic rings. The molecule has 0 bridgehead atoms. The number of dihydropyridines is 1. The summed E-state index contributed by atoms with van der Waals surface area (Å²) in [5.74, 6) is 1.37. The second-order valence-corrected chi connectivity index (χ2v) is 11.7. The van der Waals surface area contributed by atoms with Gasteiger partial charge in [0.15, 0.2) is 5.13 Å². The van der Waals surface area contributed by atoms with Gasteiger partial charge >= 0.3 is 0 Å². The van der Waals surface area contributed by atoms with Crippen molar-refractivity contribution in [2.24, 2.45) is 16.0 Å². The summed E-state index contributed by atoms with van der Waals surface area (Å²) in [7, 11) is -2.00. The highest BCUT2D eigenvalue weighted by atomic mass is 32.2. The van der Waals surface area contributed by atoms with Crippen molar-refractivity contribution < 1.29 is 13.2 Å². The highest BCUT2D eigenvalue weighted by Crippen LogP contribution is 2.37. The van der Waals surface area contributed by atoms with E-state index >= 15 is 0 Å². The van der Waals surface area contributed by atoms with Crippen molar-refractivity contribution in [3.63, 3.8) is 0 Å². The van der Waals surface area contributed by atoms with Crippen LogP contribution in [0.25, 0.3) is 5.57 Å². The predicted octanol–water partition coefficient (Wildman–Crippen LogP) is 4.26. The van der Waals surface area contributed by atoms with Gasteiger partial charge in [-0.05, 0) is 50.8 Å². The molecule has 184 valence electrons. The third-order valence-corrected chi connectivity index (χ3v) is 8.06. The number of anilines is 2. The fourth-order valence-corrected chi connectivity index (χ4v) is 5.54. The number of hydrogen-bond acceptors (Lipinski definition) is 8. The maximum absolute atomic E-state index is 11.9. The number of ether oxygens (including phenoxy) is 1. The summed E-state index contributed by atoms with van der Waals surface area (Å²) in [5.41, 5.74) is 2.46. The van der Waals surface area contributed by atoms with Gasteiger partial charge in [0.1, 0.15) is 11.9 Å². The average Bonchev–Trinajstić information content (AvgIpc) is 3.29. The van der Waals surface area contributed by atoms with E-state index in [1.165, 1.54) is 36.3 Å². The van der Waals surface area contributed by atoms with E-state index in [1.54, 1.807) is 6.07 Å². The maximum atomic E-state index is 11.9. The van der Waals surface area contributed by atoms with Crippen LogP contribution in [0.5, 0.6) is 5.75 Å². The van der Waals surface area contributed by atoms with E-state index in [0.29, 0.717) is 11.4 Å². The number of hydrogen-bond donors (Lipinski definition) is 1. The summed E-state index contributed by atoms with van der Waals surface area (Å²) in [6.45, 7) is 8.38. The number of likely N-dealkylation sites (tertiary alicyclic amines) is 1. The number of sulfonamides is 1. The molecule has 2 aromatic rings. The normalized spacial score (nSPS) is 19.9. The number of aliphatic imine (C=N–C) groups is 1. The lowest BCUT2D eigenvalue weighted by Crippen LogP contribution is -2.40. The maximum Gasteiger partial charge on any atom is 0.238 e. The Balaban J connectivity index is 1.53. The van der Waals surface area contributed by atoms with Crippen molar-refractivity contribution >= 4 is 44.0 Å². The summed E-state index contributed by atoms with van der Waals surface area (Å²) in [6, 6.07) is 4.62. The summed E-state index contributed by atoms with van der Waals surface area (Å²) >= 11 is 1.48. The third-order valence-electron chi connectivity index (χ3n) is 6.23. The van der Waals surface area contributed by atoms with E-state index in [1.807, 2.05) is 37.4 Å². The van der Waals surface area contributed by atoms with Crippen molar-refractivity contribution in [2.45, 2.75) is 57.2 Å². The first kappa shape index (κ1) is 24.8. The molecule has 1 unspecified atom stereocenters. The van der Waals surface area contributed by atoms with Gasteiger partial charge in [0.25, 0.3) is 0 Å². The number of allylic oxidation sites excluding steroid dienone is 1. The van der Waals surface area contributed by atoms with Crippen LogP contribution in [0.15, 0.2) is 39.5 Å². The molecule has 1 fully saturated rings. The standard InChI is InChI=1S/C24H33N5O3S2/c1-16(2)32-22-7-6-19(34(25,30)31)13-21(22)28(4)24-27-20(15-33-24)18-5-8-23(26-14-18)29-11-9-17(3)10-12-29/h5-7,13-17,23H,8-12H2,1-4H3,(H2,25,30,31). The highest BCUT2D eigenvalue weighted by Gasteiger charge is 2.24. The Bertz CT molecular complexity index is 1180. The molecule has 0 aliphatic carbocycles. The number of benzene rings is 1. The predicted molar refractivity (Wildman–Crippen MR) is 139 cm³/mol. The molecule has 4 rings (SSSR count). The zero-order chi connectivity index (χ0) is 24.5. The number of nitrogens with zero attached hydrogens (tertiary/aromatic N) is 4. The molecule has 2 aliphatic heterocycles. The van der Waals surface area contributed by atoms with Gasteiger partial charge in [-0.15, -0.1) is 11.3 Å². The number of aromatic nitrogens is 1. The topological polar surface area (TPSA) is 101 Å². The minimum Gasteiger partial charge on any atom is -0.489 e. The lowest BCUT2D eigenvalue weighted by molar-refractivity contribution is 0.142. The largest absolute Gasteiger partial charge is 0.489 e. The minimum atomic E-state index is -3.85. The number of primary sulfonamides is 1. The SMILES string of the molecule is CC1CCN(C2CC=C(c3csc(N(C)c4cc(S(N)(=O)=O)ccc4OC(C)C)n3)C=N2)CC1. The van der Waals surface area contributed by atoms with Crippen molar-refractivity contribution in [1.82, 2.24) is 9.88 Å². The molecule has 1 aromatic carbocycles. The van der Waals surface area contributed by atoms with Gasteiger partial charge in [0.05, 0.1) is 22.4 Å². The van der Waals surface area contributed by atoms with Crippen LogP contribution in [0.2, 0.25) is 0 Å². The molecule has 3 heterocycles.